The van der Waals surface area contributed by atoms with Gasteiger partial charge in [0.15, 0.2) is 0 Å². The molecule has 12 valence electrons. The van der Waals surface area contributed by atoms with E-state index in [9.17, 15) is 0 Å². The van der Waals surface area contributed by atoms with Gasteiger partial charge in [-0.15, -0.1) is 0 Å². The van der Waals surface area contributed by atoms with Crippen LogP contribution in [0.3, 0.4) is 0 Å². The molecule has 4 radical (unpaired) electrons. The van der Waals surface area contributed by atoms with Crippen molar-refractivity contribution in [3.63, 3.8) is 0 Å². The van der Waals surface area contributed by atoms with Gasteiger partial charge in [-0.1, -0.05) is 0 Å². The minimum absolute atomic E-state index is 0. The van der Waals surface area contributed by atoms with Crippen molar-refractivity contribution in [2.45, 2.75) is 0 Å². The zero-order valence-corrected chi connectivity index (χ0v) is 10.5. The van der Waals surface area contributed by atoms with Crippen LogP contribution in [0.2, 0.25) is 0 Å². The number of hydrogen-bond acceptors (Lipinski definition) is 0. The van der Waals surface area contributed by atoms with Gasteiger partial charge in [0.05, 0.1) is 0 Å². The first-order valence-corrected chi connectivity index (χ1v) is 0. The molecule has 0 aliphatic heterocycles. The van der Waals surface area contributed by atoms with E-state index in [4.69, 9.17) is 0 Å². The summed E-state index contributed by atoms with van der Waals surface area (Å²) >= 11 is 0. The maximum Gasteiger partial charge on any atom is 0 e. The zero-order chi connectivity index (χ0) is 0. The van der Waals surface area contributed by atoms with Crippen LogP contribution in [0.25, 0.3) is 0 Å². The van der Waals surface area contributed by atoms with Crippen LogP contribution >= 0.6 is 0 Å². The van der Waals surface area contributed by atoms with E-state index < -0.39 is 0 Å². The van der Waals surface area contributed by atoms with Crippen molar-refractivity contribution < 1.29 is 5.48 Å². The molecule has 0 unspecified atom stereocenters. The van der Waals surface area contributed by atoms with Gasteiger partial charge in [0, 0.05) is 119 Å². The quantitative estimate of drug-likeness (QED) is 0.332. The van der Waals surface area contributed by atoms with E-state index in [0.29, 0.717) is 0 Å². The zero-order valence-electron chi connectivity index (χ0n) is 3.21. The molecule has 1 nitrogen and oxygen atoms in total. The molecule has 0 aromatic heterocycles. The van der Waals surface area contributed by atoms with Crippen LogP contribution in [0.5, 0.6) is 0 Å². The van der Waals surface area contributed by atoms with Gasteiger partial charge in [0.25, 0.3) is 0 Å². The average molecular weight is 120 g/mol. The smallest absolute Gasteiger partial charge is 0 e. The molecule has 0 rings (SSSR count). The molecule has 4 heavy (non-hydrogen) atoms. The normalized spacial score (nSPS) is 0. The van der Waals surface area contributed by atoms with Crippen LogP contribution in [-0.2, 0) is 0 Å². The fraction of sp³-hybridized carbons (Fsp3) is 0. The van der Waals surface area contributed by atoms with E-state index in [1.165, 1.54) is 0 Å². The van der Waals surface area contributed by atoms with Crippen LogP contribution in [0.1, 0.15) is 0 Å². The van der Waals surface area contributed by atoms with Gasteiger partial charge in [0.1, 0.15) is 0 Å². The molecular formula is H2CaKNaO. The Labute approximate surface area is 120 Å². The Morgan fingerprint density at radius 1 is 1.00 bits per heavy atom. The first kappa shape index (κ1) is 24.8. The summed E-state index contributed by atoms with van der Waals surface area (Å²) in [5, 5.41) is 0. The fourth-order valence-corrected chi connectivity index (χ4v) is 0. The van der Waals surface area contributed by atoms with E-state index in [1.807, 2.05) is 0 Å². The Balaban J connectivity index is 0. The summed E-state index contributed by atoms with van der Waals surface area (Å²) in [7, 11) is 0. The topological polar surface area (TPSA) is 31.5 Å². The van der Waals surface area contributed by atoms with Crippen LogP contribution in [-0.4, -0.2) is 124 Å². The summed E-state index contributed by atoms with van der Waals surface area (Å²) in [6.45, 7) is 0. The predicted octanol–water partition coefficient (Wildman–Crippen LogP) is -1.97. The summed E-state index contributed by atoms with van der Waals surface area (Å²) in [4.78, 5) is 0. The molecule has 4 heteroatoms. The first-order valence-electron chi connectivity index (χ1n) is 0. The molecule has 0 atom stereocenters. The van der Waals surface area contributed by atoms with Crippen LogP contribution in [0, 0.1) is 0 Å². The van der Waals surface area contributed by atoms with Crippen LogP contribution in [0.4, 0.5) is 0 Å². The molecule has 0 aliphatic carbocycles. The Morgan fingerprint density at radius 2 is 1.00 bits per heavy atom. The van der Waals surface area contributed by atoms with Gasteiger partial charge in [-0.25, -0.2) is 0 Å². The monoisotopic (exact) mass is 120 g/mol. The molecule has 0 amide bonds. The van der Waals surface area contributed by atoms with Gasteiger partial charge in [0.2, 0.25) is 0 Å². The van der Waals surface area contributed by atoms with Crippen molar-refractivity contribution in [1.29, 1.82) is 0 Å². The molecule has 0 fully saturated rings. The average Bonchev–Trinajstić information content (AvgIpc) is 0. The second-order valence-corrected chi connectivity index (χ2v) is 0. The summed E-state index contributed by atoms with van der Waals surface area (Å²) in [6, 6.07) is 0. The SMILES string of the molecule is O.[Ca].[K].[Na]. The van der Waals surface area contributed by atoms with Crippen molar-refractivity contribution in [2.75, 3.05) is 0 Å². The third kappa shape index (κ3) is 9.29. The van der Waals surface area contributed by atoms with Gasteiger partial charge >= 0.3 is 0 Å². The predicted molar refractivity (Wildman–Crippen MR) is 20.9 cm³/mol. The molecule has 0 heterocycles. The number of rotatable bonds is 0. The third-order valence-corrected chi connectivity index (χ3v) is 0. The molecule has 0 aromatic rings. The Hall–Kier alpha value is 3.86. The van der Waals surface area contributed by atoms with E-state index in [2.05, 4.69) is 0 Å². The molecule has 2 N–H and O–H groups in total. The summed E-state index contributed by atoms with van der Waals surface area (Å²) in [6.07, 6.45) is 0. The summed E-state index contributed by atoms with van der Waals surface area (Å²) < 4.78 is 0. The maximum absolute atomic E-state index is 0. The van der Waals surface area contributed by atoms with Crippen LogP contribution < -0.4 is 0 Å². The second-order valence-electron chi connectivity index (χ2n) is 0. The Morgan fingerprint density at radius 3 is 1.00 bits per heavy atom. The van der Waals surface area contributed by atoms with E-state index in [-0.39, 0.29) is 124 Å². The molecule has 0 bridgehead atoms. The van der Waals surface area contributed by atoms with E-state index >= 15 is 0 Å². The van der Waals surface area contributed by atoms with Gasteiger partial charge in [-0.2, -0.15) is 0 Å². The Kier molecular flexibility index (Phi) is 98.2. The second kappa shape index (κ2) is 15.8. The van der Waals surface area contributed by atoms with Crippen molar-refractivity contribution in [3.05, 3.63) is 0 Å². The van der Waals surface area contributed by atoms with Crippen molar-refractivity contribution in [3.8, 4) is 0 Å². The fourth-order valence-electron chi connectivity index (χ4n) is 0. The van der Waals surface area contributed by atoms with Crippen molar-refractivity contribution in [2.24, 2.45) is 0 Å². The van der Waals surface area contributed by atoms with Gasteiger partial charge in [-0.3, -0.25) is 0 Å². The first-order chi connectivity index (χ1) is 0. The van der Waals surface area contributed by atoms with Gasteiger partial charge < -0.3 is 5.48 Å². The number of hydrogen-bond donors (Lipinski definition) is 0. The summed E-state index contributed by atoms with van der Waals surface area (Å²) in [5.41, 5.74) is 0. The van der Waals surface area contributed by atoms with E-state index in [1.54, 1.807) is 0 Å². The Bertz CT molecular complexity index is 8.00. The summed E-state index contributed by atoms with van der Waals surface area (Å²) in [5.74, 6) is 0. The minimum Gasteiger partial charge on any atom is -0.412 e. The largest absolute Gasteiger partial charge is 0.412 e. The minimum atomic E-state index is 0. The van der Waals surface area contributed by atoms with Crippen LogP contribution in [0.15, 0.2) is 0 Å². The van der Waals surface area contributed by atoms with Crippen molar-refractivity contribution in [1.82, 2.24) is 0 Å². The molecule has 0 aliphatic rings. The van der Waals surface area contributed by atoms with Crippen molar-refractivity contribution >= 4 is 119 Å². The third-order valence-electron chi connectivity index (χ3n) is 0. The molecule has 0 saturated carbocycles. The van der Waals surface area contributed by atoms with Gasteiger partial charge in [-0.05, 0) is 0 Å². The molecule has 0 saturated heterocycles. The molecular weight excluding hydrogens is 118 g/mol. The molecule has 0 aromatic carbocycles. The molecule has 0 spiro atoms. The van der Waals surface area contributed by atoms with E-state index in [0.717, 1.165) is 0 Å². The standard InChI is InChI=1S/Ca.K.Na.H2O/h;;;1H2. The maximum atomic E-state index is 0.